The second kappa shape index (κ2) is 16.6. The Morgan fingerprint density at radius 2 is 1.81 bits per heavy atom. The number of nitrogens with zero attached hydrogens (tertiary/aromatic N) is 5. The number of imidazole rings is 1. The smallest absolute Gasteiger partial charge is 0.271 e. The number of amides is 2. The van der Waals surface area contributed by atoms with E-state index in [9.17, 15) is 14.4 Å². The van der Waals surface area contributed by atoms with E-state index in [4.69, 9.17) is 11.5 Å². The van der Waals surface area contributed by atoms with Gasteiger partial charge in [-0.05, 0) is 37.3 Å². The zero-order chi connectivity index (χ0) is 31.1. The maximum Gasteiger partial charge on any atom is 0.271 e. The molecule has 5 N–H and O–H groups in total. The number of primary amides is 1. The molecule has 4 rings (SSSR count). The number of anilines is 1. The Morgan fingerprint density at radius 1 is 1.12 bits per heavy atom. The van der Waals surface area contributed by atoms with Gasteiger partial charge in [0.1, 0.15) is 11.6 Å². The SMILES string of the molecule is C=C/C=N\n1c(C)nc(N)c1C(N)=O.CCC.CCc1nc2cccc(C#CCNC=O)c2c(=O)n1-c1ccccc1. The molecule has 0 aliphatic carbocycles. The van der Waals surface area contributed by atoms with Crippen molar-refractivity contribution in [1.29, 1.82) is 0 Å². The first-order chi connectivity index (χ1) is 20.2. The summed E-state index contributed by atoms with van der Waals surface area (Å²) in [6.45, 7) is 11.6. The second-order valence-electron chi connectivity index (χ2n) is 8.63. The fourth-order valence-electron chi connectivity index (χ4n) is 3.72. The zero-order valence-electron chi connectivity index (χ0n) is 24.3. The molecule has 0 bridgehead atoms. The Hall–Kier alpha value is -5.50. The van der Waals surface area contributed by atoms with E-state index in [1.807, 2.05) is 49.4 Å². The highest BCUT2D eigenvalue weighted by Crippen LogP contribution is 2.16. The van der Waals surface area contributed by atoms with Crippen molar-refractivity contribution >= 4 is 35.3 Å². The normalized spacial score (nSPS) is 10.0. The van der Waals surface area contributed by atoms with Crippen LogP contribution in [0.4, 0.5) is 5.82 Å². The number of hydrogen-bond acceptors (Lipinski definition) is 7. The first-order valence-electron chi connectivity index (χ1n) is 13.3. The summed E-state index contributed by atoms with van der Waals surface area (Å²) >= 11 is 0. The summed E-state index contributed by atoms with van der Waals surface area (Å²) in [4.78, 5) is 43.1. The topological polar surface area (TPSA) is 163 Å². The second-order valence-corrected chi connectivity index (χ2v) is 8.63. The van der Waals surface area contributed by atoms with Crippen LogP contribution in [0.15, 0.2) is 71.1 Å². The van der Waals surface area contributed by atoms with Crippen molar-refractivity contribution in [2.24, 2.45) is 10.8 Å². The summed E-state index contributed by atoms with van der Waals surface area (Å²) in [5, 5.41) is 6.87. The Bertz CT molecular complexity index is 1680. The Morgan fingerprint density at radius 3 is 2.40 bits per heavy atom. The number of benzene rings is 2. The van der Waals surface area contributed by atoms with Gasteiger partial charge in [0, 0.05) is 18.2 Å². The summed E-state index contributed by atoms with van der Waals surface area (Å²) < 4.78 is 2.91. The first kappa shape index (κ1) is 32.7. The molecular weight excluding hydrogens is 532 g/mol. The molecule has 218 valence electrons. The quantitative estimate of drug-likeness (QED) is 0.134. The third kappa shape index (κ3) is 8.25. The number of para-hydroxylation sites is 1. The fourth-order valence-corrected chi connectivity index (χ4v) is 3.72. The van der Waals surface area contributed by atoms with Crippen molar-refractivity contribution in [2.75, 3.05) is 12.3 Å². The summed E-state index contributed by atoms with van der Waals surface area (Å²) in [7, 11) is 0. The third-order valence-corrected chi connectivity index (χ3v) is 5.36. The molecule has 0 fully saturated rings. The van der Waals surface area contributed by atoms with Crippen LogP contribution in [0.5, 0.6) is 0 Å². The van der Waals surface area contributed by atoms with E-state index in [1.54, 1.807) is 17.6 Å². The van der Waals surface area contributed by atoms with E-state index in [2.05, 4.69) is 52.7 Å². The van der Waals surface area contributed by atoms with Crippen LogP contribution in [-0.4, -0.2) is 44.3 Å². The Balaban J connectivity index is 0.000000307. The maximum absolute atomic E-state index is 13.2. The number of carbonyl (C=O) groups is 2. The minimum atomic E-state index is -0.663. The number of carbonyl (C=O) groups excluding carboxylic acids is 2. The van der Waals surface area contributed by atoms with Gasteiger partial charge in [-0.25, -0.2) is 14.6 Å². The lowest BCUT2D eigenvalue weighted by Crippen LogP contribution is -2.24. The maximum atomic E-state index is 13.2. The molecule has 0 radical (unpaired) electrons. The number of aryl methyl sites for hydroxylation is 2. The van der Waals surface area contributed by atoms with E-state index in [-0.39, 0.29) is 23.6 Å². The van der Waals surface area contributed by atoms with Gasteiger partial charge in [-0.15, -0.1) is 0 Å². The van der Waals surface area contributed by atoms with Gasteiger partial charge < -0.3 is 16.8 Å². The minimum absolute atomic E-state index is 0.0798. The van der Waals surface area contributed by atoms with Crippen molar-refractivity contribution in [1.82, 2.24) is 24.5 Å². The van der Waals surface area contributed by atoms with Crippen LogP contribution in [0.1, 0.15) is 54.9 Å². The Kier molecular flexibility index (Phi) is 12.9. The number of nitrogens with one attached hydrogen (secondary N) is 1. The van der Waals surface area contributed by atoms with Crippen LogP contribution in [0, 0.1) is 18.8 Å². The van der Waals surface area contributed by atoms with E-state index in [1.165, 1.54) is 23.4 Å². The lowest BCUT2D eigenvalue weighted by atomic mass is 10.1. The van der Waals surface area contributed by atoms with Gasteiger partial charge in [-0.3, -0.25) is 19.0 Å². The highest BCUT2D eigenvalue weighted by Gasteiger charge is 2.16. The average Bonchev–Trinajstić information content (AvgIpc) is 3.27. The van der Waals surface area contributed by atoms with Crippen molar-refractivity contribution in [2.45, 2.75) is 40.5 Å². The zero-order valence-corrected chi connectivity index (χ0v) is 24.3. The molecule has 0 saturated heterocycles. The van der Waals surface area contributed by atoms with Gasteiger partial charge >= 0.3 is 0 Å². The van der Waals surface area contributed by atoms with Crippen LogP contribution in [-0.2, 0) is 11.2 Å². The molecule has 2 aromatic carbocycles. The van der Waals surface area contributed by atoms with Gasteiger partial charge in [0.15, 0.2) is 11.5 Å². The number of nitrogens with two attached hydrogens (primary N) is 2. The molecule has 11 nitrogen and oxygen atoms in total. The van der Waals surface area contributed by atoms with Gasteiger partial charge in [0.2, 0.25) is 6.41 Å². The van der Waals surface area contributed by atoms with Crippen molar-refractivity contribution < 1.29 is 9.59 Å². The van der Waals surface area contributed by atoms with Crippen LogP contribution in [0.2, 0.25) is 0 Å². The minimum Gasteiger partial charge on any atom is -0.382 e. The standard InChI is InChI=1S/C20H17N3O2.C8H11N5O.C3H8/c1-2-18-22-17-12-6-8-15(9-7-13-21-14-24)19(17)20(25)23(18)16-10-4-3-5-11-16;1-3-4-11-13-5(2)12-7(9)6(13)8(10)14;1-3-2/h3-6,8,10-12,14H,2,13H2,1H3,(H,21,24);3-4H,1,9H2,2H3,(H2,10,14);3H2,1-2H3/b;11-4-;. The molecule has 4 aromatic rings. The van der Waals surface area contributed by atoms with Gasteiger partial charge in [0.05, 0.1) is 23.1 Å². The predicted molar refractivity (Wildman–Crippen MR) is 168 cm³/mol. The third-order valence-electron chi connectivity index (χ3n) is 5.36. The lowest BCUT2D eigenvalue weighted by Gasteiger charge is -2.13. The van der Waals surface area contributed by atoms with E-state index < -0.39 is 5.91 Å². The molecule has 11 heteroatoms. The molecule has 2 aromatic heterocycles. The van der Waals surface area contributed by atoms with Crippen LogP contribution in [0.3, 0.4) is 0 Å². The van der Waals surface area contributed by atoms with Crippen molar-refractivity contribution in [3.8, 4) is 17.5 Å². The molecule has 2 heterocycles. The molecular formula is C31H36N8O3. The number of nitrogen functional groups attached to an aromatic ring is 1. The van der Waals surface area contributed by atoms with E-state index in [0.717, 1.165) is 5.69 Å². The number of rotatable bonds is 7. The molecule has 0 unspecified atom stereocenters. The molecule has 2 amide bonds. The van der Waals surface area contributed by atoms with E-state index >= 15 is 0 Å². The first-order valence-corrected chi connectivity index (χ1v) is 13.3. The molecule has 0 aliphatic rings. The number of aromatic nitrogens is 4. The summed E-state index contributed by atoms with van der Waals surface area (Å²) in [5.74, 6) is 6.41. The highest BCUT2D eigenvalue weighted by molar-refractivity contribution is 5.95. The van der Waals surface area contributed by atoms with Crippen LogP contribution in [0.25, 0.3) is 16.6 Å². The van der Waals surface area contributed by atoms with Crippen molar-refractivity contribution in [3.05, 3.63) is 94.4 Å². The van der Waals surface area contributed by atoms with Gasteiger partial charge in [0.25, 0.3) is 11.5 Å². The summed E-state index contributed by atoms with van der Waals surface area (Å²) in [5.41, 5.74) is 12.6. The number of hydrogen-bond donors (Lipinski definition) is 3. The van der Waals surface area contributed by atoms with Crippen LogP contribution < -0.4 is 22.3 Å². The lowest BCUT2D eigenvalue weighted by molar-refractivity contribution is -0.109. The van der Waals surface area contributed by atoms with Crippen LogP contribution >= 0.6 is 0 Å². The molecule has 0 saturated carbocycles. The largest absolute Gasteiger partial charge is 0.382 e. The Labute approximate surface area is 245 Å². The predicted octanol–water partition coefficient (Wildman–Crippen LogP) is 3.35. The monoisotopic (exact) mass is 568 g/mol. The highest BCUT2D eigenvalue weighted by atomic mass is 16.1. The molecule has 0 spiro atoms. The van der Waals surface area contributed by atoms with E-state index in [0.29, 0.717) is 40.9 Å². The molecule has 0 atom stereocenters. The van der Waals surface area contributed by atoms with Gasteiger partial charge in [-0.1, -0.05) is 69.9 Å². The summed E-state index contributed by atoms with van der Waals surface area (Å²) in [6.07, 6.45) is 5.37. The molecule has 42 heavy (non-hydrogen) atoms. The number of fused-ring (bicyclic) bond motifs is 1. The molecule has 0 aliphatic heterocycles. The average molecular weight is 569 g/mol. The summed E-state index contributed by atoms with van der Waals surface area (Å²) in [6, 6.07) is 14.9. The fraction of sp³-hybridized carbons (Fsp3) is 0.226. The van der Waals surface area contributed by atoms with Crippen molar-refractivity contribution in [3.63, 3.8) is 0 Å². The number of allylic oxidation sites excluding steroid dienone is 1. The van der Waals surface area contributed by atoms with Gasteiger partial charge in [-0.2, -0.15) is 5.10 Å².